The predicted molar refractivity (Wildman–Crippen MR) is 117 cm³/mol. The molecule has 146 valence electrons. The number of anilines is 2. The van der Waals surface area contributed by atoms with Crippen molar-refractivity contribution < 1.29 is 14.3 Å². The molecule has 0 fully saturated rings. The van der Waals surface area contributed by atoms with Gasteiger partial charge >= 0.3 is 0 Å². The minimum Gasteiger partial charge on any atom is -0.495 e. The second-order valence-corrected chi connectivity index (χ2v) is 7.86. The molecule has 0 unspecified atom stereocenters. The van der Waals surface area contributed by atoms with Crippen LogP contribution in [0.3, 0.4) is 0 Å². The molecule has 1 aromatic heterocycles. The third-order valence-corrected chi connectivity index (χ3v) is 5.69. The van der Waals surface area contributed by atoms with Gasteiger partial charge in [0.1, 0.15) is 11.4 Å². The van der Waals surface area contributed by atoms with E-state index in [1.165, 1.54) is 11.3 Å². The first-order valence-corrected chi connectivity index (χ1v) is 10.1. The number of benzene rings is 2. The van der Waals surface area contributed by atoms with Crippen LogP contribution in [0, 0.1) is 6.92 Å². The van der Waals surface area contributed by atoms with Crippen molar-refractivity contribution in [1.29, 1.82) is 0 Å². The zero-order chi connectivity index (χ0) is 20.5. The Morgan fingerprint density at radius 2 is 1.79 bits per heavy atom. The minimum atomic E-state index is -0.427. The van der Waals surface area contributed by atoms with Gasteiger partial charge in [-0.2, -0.15) is 0 Å². The number of amides is 2. The van der Waals surface area contributed by atoms with E-state index in [9.17, 15) is 9.59 Å². The molecule has 0 spiro atoms. The number of nitrogens with one attached hydrogen (secondary N) is 1. The summed E-state index contributed by atoms with van der Waals surface area (Å²) in [6.07, 6.45) is 0. The Morgan fingerprint density at radius 1 is 1.03 bits per heavy atom. The van der Waals surface area contributed by atoms with E-state index < -0.39 is 5.91 Å². The number of thiophene rings is 1. The lowest BCUT2D eigenvalue weighted by Gasteiger charge is -2.16. The molecule has 0 bridgehead atoms. The molecule has 5 nitrogen and oxygen atoms in total. The van der Waals surface area contributed by atoms with E-state index in [1.54, 1.807) is 31.4 Å². The van der Waals surface area contributed by atoms with E-state index in [2.05, 4.69) is 5.32 Å². The van der Waals surface area contributed by atoms with Gasteiger partial charge in [0.15, 0.2) is 0 Å². The average molecular weight is 425 g/mol. The van der Waals surface area contributed by atoms with Gasteiger partial charge in [-0.25, -0.2) is 4.90 Å². The molecule has 3 aromatic rings. The monoisotopic (exact) mass is 424 g/mol. The van der Waals surface area contributed by atoms with Gasteiger partial charge in [0, 0.05) is 9.90 Å². The summed E-state index contributed by atoms with van der Waals surface area (Å²) in [5.41, 5.74) is 2.64. The van der Waals surface area contributed by atoms with Gasteiger partial charge in [0.2, 0.25) is 0 Å². The molecule has 0 atom stereocenters. The van der Waals surface area contributed by atoms with Gasteiger partial charge in [0.05, 0.1) is 24.1 Å². The van der Waals surface area contributed by atoms with Crippen molar-refractivity contribution in [1.82, 2.24) is 0 Å². The largest absolute Gasteiger partial charge is 0.495 e. The maximum absolute atomic E-state index is 13.3. The van der Waals surface area contributed by atoms with Crippen molar-refractivity contribution in [2.24, 2.45) is 0 Å². The Balaban J connectivity index is 1.82. The Morgan fingerprint density at radius 3 is 2.45 bits per heavy atom. The number of rotatable bonds is 5. The molecule has 7 heteroatoms. The van der Waals surface area contributed by atoms with Crippen LogP contribution < -0.4 is 15.0 Å². The molecule has 1 N–H and O–H groups in total. The summed E-state index contributed by atoms with van der Waals surface area (Å²) in [4.78, 5) is 28.5. The maximum atomic E-state index is 13.3. The first-order valence-electron chi connectivity index (χ1n) is 8.83. The molecule has 2 aromatic carbocycles. The van der Waals surface area contributed by atoms with E-state index in [0.29, 0.717) is 32.6 Å². The Labute approximate surface area is 177 Å². The molecule has 2 heterocycles. The zero-order valence-electron chi connectivity index (χ0n) is 15.7. The normalized spacial score (nSPS) is 14.0. The SMILES string of the molecule is COc1ccc(C)cc1NC1=C(c2cccs2)C(=O)N(c2ccc(Cl)cc2)C1=O. The van der Waals surface area contributed by atoms with Crippen LogP contribution in [0.15, 0.2) is 65.7 Å². The number of carbonyl (C=O) groups is 2. The highest BCUT2D eigenvalue weighted by atomic mass is 35.5. The summed E-state index contributed by atoms with van der Waals surface area (Å²) in [5.74, 6) is -0.225. The summed E-state index contributed by atoms with van der Waals surface area (Å²) in [5, 5.41) is 5.55. The van der Waals surface area contributed by atoms with Crippen molar-refractivity contribution in [2.75, 3.05) is 17.3 Å². The zero-order valence-corrected chi connectivity index (χ0v) is 17.3. The minimum absolute atomic E-state index is 0.219. The molecule has 2 amide bonds. The lowest BCUT2D eigenvalue weighted by molar-refractivity contribution is -0.120. The molecule has 0 saturated heterocycles. The van der Waals surface area contributed by atoms with Crippen molar-refractivity contribution in [3.63, 3.8) is 0 Å². The van der Waals surface area contributed by atoms with Crippen molar-refractivity contribution in [2.45, 2.75) is 6.92 Å². The molecule has 0 radical (unpaired) electrons. The number of methoxy groups -OCH3 is 1. The smallest absolute Gasteiger partial charge is 0.282 e. The number of imide groups is 1. The highest BCUT2D eigenvalue weighted by Gasteiger charge is 2.40. The summed E-state index contributed by atoms with van der Waals surface area (Å²) in [6, 6.07) is 15.9. The summed E-state index contributed by atoms with van der Waals surface area (Å²) in [6.45, 7) is 1.95. The number of hydrogen-bond donors (Lipinski definition) is 1. The fraction of sp³-hybridized carbons (Fsp3) is 0.0909. The number of aryl methyl sites for hydroxylation is 1. The van der Waals surface area contributed by atoms with Gasteiger partial charge in [-0.15, -0.1) is 11.3 Å². The van der Waals surface area contributed by atoms with Crippen LogP contribution in [0.2, 0.25) is 5.02 Å². The summed E-state index contributed by atoms with van der Waals surface area (Å²) < 4.78 is 5.42. The molecular weight excluding hydrogens is 408 g/mol. The number of carbonyl (C=O) groups excluding carboxylic acids is 2. The highest BCUT2D eigenvalue weighted by Crippen LogP contribution is 2.37. The number of nitrogens with zero attached hydrogens (tertiary/aromatic N) is 1. The molecule has 4 rings (SSSR count). The Hall–Kier alpha value is -3.09. The van der Waals surface area contributed by atoms with Crippen LogP contribution in [0.1, 0.15) is 10.4 Å². The Bertz CT molecular complexity index is 1120. The van der Waals surface area contributed by atoms with E-state index in [-0.39, 0.29) is 11.6 Å². The quantitative estimate of drug-likeness (QED) is 0.578. The Kier molecular flexibility index (Phi) is 5.13. The van der Waals surface area contributed by atoms with Crippen molar-refractivity contribution in [3.05, 3.63) is 81.1 Å². The van der Waals surface area contributed by atoms with Gasteiger partial charge < -0.3 is 10.1 Å². The van der Waals surface area contributed by atoms with Crippen molar-refractivity contribution in [3.8, 4) is 5.75 Å². The number of ether oxygens (including phenoxy) is 1. The second-order valence-electron chi connectivity index (χ2n) is 6.48. The standard InChI is InChI=1S/C22H17ClN2O3S/c1-13-5-10-17(28-2)16(12-13)24-20-19(18-4-3-11-29-18)21(26)25(22(20)27)15-8-6-14(23)7-9-15/h3-12,24H,1-2H3. The van der Waals surface area contributed by atoms with Gasteiger partial charge in [-0.3, -0.25) is 9.59 Å². The molecule has 29 heavy (non-hydrogen) atoms. The molecule has 1 aliphatic heterocycles. The van der Waals surface area contributed by atoms with E-state index in [0.717, 1.165) is 10.5 Å². The van der Waals surface area contributed by atoms with Gasteiger partial charge in [-0.05, 0) is 60.3 Å². The maximum Gasteiger partial charge on any atom is 0.282 e. The fourth-order valence-corrected chi connectivity index (χ4v) is 4.07. The molecule has 0 aliphatic carbocycles. The third kappa shape index (κ3) is 3.52. The van der Waals surface area contributed by atoms with Crippen LogP contribution in [-0.4, -0.2) is 18.9 Å². The highest BCUT2D eigenvalue weighted by molar-refractivity contribution is 7.11. The predicted octanol–water partition coefficient (Wildman–Crippen LogP) is 5.12. The van der Waals surface area contributed by atoms with Crippen molar-refractivity contribution >= 4 is 51.7 Å². The number of halogens is 1. The first-order chi connectivity index (χ1) is 14.0. The fourth-order valence-electron chi connectivity index (χ4n) is 3.17. The first kappa shape index (κ1) is 19.2. The number of hydrogen-bond acceptors (Lipinski definition) is 5. The van der Waals surface area contributed by atoms with Gasteiger partial charge in [0.25, 0.3) is 11.8 Å². The topological polar surface area (TPSA) is 58.6 Å². The summed E-state index contributed by atoms with van der Waals surface area (Å²) in [7, 11) is 1.56. The van der Waals surface area contributed by atoms with Crippen LogP contribution in [0.25, 0.3) is 5.57 Å². The molecule has 0 saturated carbocycles. The van der Waals surface area contributed by atoms with Gasteiger partial charge in [-0.1, -0.05) is 23.7 Å². The van der Waals surface area contributed by atoms with Crippen LogP contribution in [0.4, 0.5) is 11.4 Å². The van der Waals surface area contributed by atoms with Crippen LogP contribution >= 0.6 is 22.9 Å². The van der Waals surface area contributed by atoms with E-state index in [1.807, 2.05) is 42.6 Å². The second kappa shape index (κ2) is 7.73. The lowest BCUT2D eigenvalue weighted by atomic mass is 10.1. The lowest BCUT2D eigenvalue weighted by Crippen LogP contribution is -2.32. The summed E-state index contributed by atoms with van der Waals surface area (Å²) >= 11 is 7.36. The van der Waals surface area contributed by atoms with Crippen LogP contribution in [-0.2, 0) is 9.59 Å². The van der Waals surface area contributed by atoms with E-state index in [4.69, 9.17) is 16.3 Å². The molecule has 1 aliphatic rings. The molecular formula is C22H17ClN2O3S. The third-order valence-electron chi connectivity index (χ3n) is 4.55. The van der Waals surface area contributed by atoms with Crippen LogP contribution in [0.5, 0.6) is 5.75 Å². The van der Waals surface area contributed by atoms with E-state index >= 15 is 0 Å². The average Bonchev–Trinajstić information content (AvgIpc) is 3.30.